The van der Waals surface area contributed by atoms with Crippen LogP contribution in [0.25, 0.3) is 0 Å². The minimum Gasteiger partial charge on any atom is -0.490 e. The van der Waals surface area contributed by atoms with Crippen LogP contribution in [0.4, 0.5) is 0 Å². The molecule has 0 aromatic heterocycles. The van der Waals surface area contributed by atoms with Crippen LogP contribution in [-0.4, -0.2) is 24.6 Å². The fraction of sp³-hybridized carbons (Fsp3) is 0.105. The first-order valence-electron chi connectivity index (χ1n) is 7.68. The highest BCUT2D eigenvalue weighted by Gasteiger charge is 2.11. The average Bonchev–Trinajstić information content (AvgIpc) is 2.66. The van der Waals surface area contributed by atoms with Gasteiger partial charge in [-0.25, -0.2) is 5.43 Å². The molecule has 2 rings (SSSR count). The molecule has 0 heterocycles. The number of hydrazone groups is 1. The van der Waals surface area contributed by atoms with E-state index in [0.29, 0.717) is 12.4 Å². The minimum atomic E-state index is -0.821. The fourth-order valence-electron chi connectivity index (χ4n) is 1.88. The van der Waals surface area contributed by atoms with Crippen LogP contribution in [0.2, 0.25) is 0 Å². The van der Waals surface area contributed by atoms with Crippen LogP contribution in [0, 0.1) is 0 Å². The second kappa shape index (κ2) is 9.67. The molecule has 6 nitrogen and oxygen atoms in total. The van der Waals surface area contributed by atoms with Crippen molar-refractivity contribution >= 4 is 18.0 Å². The van der Waals surface area contributed by atoms with Gasteiger partial charge in [-0.2, -0.15) is 5.10 Å². The van der Waals surface area contributed by atoms with Gasteiger partial charge in [-0.1, -0.05) is 43.0 Å². The Balaban J connectivity index is 1.77. The standard InChI is InChI=1S/C19H19N3O3/c1-2-12-25-17-10-8-16(9-11-17)14-21-22-19(24)18(23)20-13-15-6-4-3-5-7-15/h2-11,14H,1,12-13H2,(H,20,23)(H,22,24). The van der Waals surface area contributed by atoms with Gasteiger partial charge in [0.15, 0.2) is 0 Å². The van der Waals surface area contributed by atoms with Gasteiger partial charge < -0.3 is 10.1 Å². The van der Waals surface area contributed by atoms with Crippen LogP contribution in [-0.2, 0) is 16.1 Å². The van der Waals surface area contributed by atoms with Crippen molar-refractivity contribution in [3.63, 3.8) is 0 Å². The summed E-state index contributed by atoms with van der Waals surface area (Å²) in [5.74, 6) is -0.853. The molecule has 128 valence electrons. The van der Waals surface area contributed by atoms with E-state index in [1.807, 2.05) is 30.3 Å². The molecule has 0 fully saturated rings. The number of carbonyl (C=O) groups is 2. The maximum Gasteiger partial charge on any atom is 0.329 e. The molecule has 0 atom stereocenters. The Hall–Kier alpha value is -3.41. The van der Waals surface area contributed by atoms with Crippen LogP contribution in [0.15, 0.2) is 72.4 Å². The Morgan fingerprint density at radius 2 is 1.76 bits per heavy atom. The summed E-state index contributed by atoms with van der Waals surface area (Å²) in [5.41, 5.74) is 3.86. The Morgan fingerprint density at radius 3 is 2.44 bits per heavy atom. The fourth-order valence-corrected chi connectivity index (χ4v) is 1.88. The Labute approximate surface area is 146 Å². The molecule has 0 saturated heterocycles. The van der Waals surface area contributed by atoms with Crippen molar-refractivity contribution in [1.82, 2.24) is 10.7 Å². The highest BCUT2D eigenvalue weighted by molar-refractivity contribution is 6.35. The van der Waals surface area contributed by atoms with Gasteiger partial charge in [0.1, 0.15) is 12.4 Å². The van der Waals surface area contributed by atoms with Crippen molar-refractivity contribution in [2.75, 3.05) is 6.61 Å². The molecule has 0 spiro atoms. The quantitative estimate of drug-likeness (QED) is 0.351. The van der Waals surface area contributed by atoms with Gasteiger partial charge in [-0.15, -0.1) is 0 Å². The van der Waals surface area contributed by atoms with Gasteiger partial charge in [0.05, 0.1) is 6.21 Å². The second-order valence-corrected chi connectivity index (χ2v) is 5.04. The molecule has 6 heteroatoms. The zero-order valence-corrected chi connectivity index (χ0v) is 13.6. The summed E-state index contributed by atoms with van der Waals surface area (Å²) in [4.78, 5) is 23.3. The maximum atomic E-state index is 11.7. The summed E-state index contributed by atoms with van der Waals surface area (Å²) in [6.07, 6.45) is 3.10. The van der Waals surface area contributed by atoms with E-state index in [1.54, 1.807) is 30.3 Å². The predicted molar refractivity (Wildman–Crippen MR) is 96.2 cm³/mol. The number of nitrogens with one attached hydrogen (secondary N) is 2. The topological polar surface area (TPSA) is 79.8 Å². The lowest BCUT2D eigenvalue weighted by Crippen LogP contribution is -2.37. The van der Waals surface area contributed by atoms with Crippen LogP contribution < -0.4 is 15.5 Å². The monoisotopic (exact) mass is 337 g/mol. The van der Waals surface area contributed by atoms with Crippen LogP contribution in [0.3, 0.4) is 0 Å². The van der Waals surface area contributed by atoms with Gasteiger partial charge in [0.25, 0.3) is 0 Å². The lowest BCUT2D eigenvalue weighted by atomic mass is 10.2. The van der Waals surface area contributed by atoms with E-state index in [9.17, 15) is 9.59 Å². The second-order valence-electron chi connectivity index (χ2n) is 5.04. The van der Waals surface area contributed by atoms with Crippen molar-refractivity contribution in [3.05, 3.63) is 78.4 Å². The van der Waals surface area contributed by atoms with E-state index in [2.05, 4.69) is 22.4 Å². The first-order chi connectivity index (χ1) is 12.2. The summed E-state index contributed by atoms with van der Waals surface area (Å²) < 4.78 is 5.36. The molecule has 25 heavy (non-hydrogen) atoms. The largest absolute Gasteiger partial charge is 0.490 e. The molecule has 2 amide bonds. The Morgan fingerprint density at radius 1 is 1.04 bits per heavy atom. The highest BCUT2D eigenvalue weighted by atomic mass is 16.5. The molecule has 0 aliphatic rings. The zero-order chi connectivity index (χ0) is 17.9. The summed E-state index contributed by atoms with van der Waals surface area (Å²) in [6.45, 7) is 4.29. The lowest BCUT2D eigenvalue weighted by Gasteiger charge is -2.04. The number of rotatable bonds is 7. The molecular formula is C19H19N3O3. The van der Waals surface area contributed by atoms with E-state index in [1.165, 1.54) is 6.21 Å². The van der Waals surface area contributed by atoms with Gasteiger partial charge in [0, 0.05) is 6.54 Å². The molecule has 2 aromatic carbocycles. The summed E-state index contributed by atoms with van der Waals surface area (Å²) in [6, 6.07) is 16.4. The van der Waals surface area contributed by atoms with E-state index in [4.69, 9.17) is 4.74 Å². The first-order valence-corrected chi connectivity index (χ1v) is 7.68. The third kappa shape index (κ3) is 6.31. The molecule has 2 aromatic rings. The zero-order valence-electron chi connectivity index (χ0n) is 13.6. The number of benzene rings is 2. The highest BCUT2D eigenvalue weighted by Crippen LogP contribution is 2.10. The minimum absolute atomic E-state index is 0.281. The predicted octanol–water partition coefficient (Wildman–Crippen LogP) is 2.02. The third-order valence-electron chi connectivity index (χ3n) is 3.13. The van der Waals surface area contributed by atoms with Crippen molar-refractivity contribution in [2.45, 2.75) is 6.54 Å². The number of nitrogens with zero attached hydrogens (tertiary/aromatic N) is 1. The van der Waals surface area contributed by atoms with Crippen LogP contribution in [0.1, 0.15) is 11.1 Å². The normalized spacial score (nSPS) is 10.2. The maximum absolute atomic E-state index is 11.7. The Bertz CT molecular complexity index is 740. The number of hydrogen-bond acceptors (Lipinski definition) is 4. The average molecular weight is 337 g/mol. The van der Waals surface area contributed by atoms with E-state index in [-0.39, 0.29) is 6.54 Å². The van der Waals surface area contributed by atoms with Crippen LogP contribution in [0.5, 0.6) is 5.75 Å². The lowest BCUT2D eigenvalue weighted by molar-refractivity contribution is -0.139. The number of carbonyl (C=O) groups excluding carboxylic acids is 2. The summed E-state index contributed by atoms with van der Waals surface area (Å²) in [7, 11) is 0. The van der Waals surface area contributed by atoms with E-state index >= 15 is 0 Å². The van der Waals surface area contributed by atoms with Crippen molar-refractivity contribution in [2.24, 2.45) is 5.10 Å². The Kier molecular flexibility index (Phi) is 6.94. The molecule has 0 unspecified atom stereocenters. The molecule has 0 saturated carbocycles. The van der Waals surface area contributed by atoms with Gasteiger partial charge in [-0.05, 0) is 35.4 Å². The van der Waals surface area contributed by atoms with E-state index < -0.39 is 11.8 Å². The molecule has 0 radical (unpaired) electrons. The number of hydrogen-bond donors (Lipinski definition) is 2. The van der Waals surface area contributed by atoms with Crippen molar-refractivity contribution in [3.8, 4) is 5.75 Å². The summed E-state index contributed by atoms with van der Waals surface area (Å²) in [5, 5.41) is 6.29. The SMILES string of the molecule is C=CCOc1ccc(C=NNC(=O)C(=O)NCc2ccccc2)cc1. The third-order valence-corrected chi connectivity index (χ3v) is 3.13. The molecule has 0 bridgehead atoms. The van der Waals surface area contributed by atoms with Gasteiger partial charge in [-0.3, -0.25) is 9.59 Å². The molecule has 0 aliphatic carbocycles. The van der Waals surface area contributed by atoms with Crippen molar-refractivity contribution in [1.29, 1.82) is 0 Å². The number of amides is 2. The first kappa shape index (κ1) is 17.9. The molecule has 0 aliphatic heterocycles. The molecular weight excluding hydrogens is 318 g/mol. The summed E-state index contributed by atoms with van der Waals surface area (Å²) >= 11 is 0. The van der Waals surface area contributed by atoms with E-state index in [0.717, 1.165) is 11.1 Å². The molecule has 2 N–H and O–H groups in total. The van der Waals surface area contributed by atoms with Crippen molar-refractivity contribution < 1.29 is 14.3 Å². The van der Waals surface area contributed by atoms with Gasteiger partial charge in [0.2, 0.25) is 0 Å². The smallest absolute Gasteiger partial charge is 0.329 e. The number of ether oxygens (including phenoxy) is 1. The van der Waals surface area contributed by atoms with Crippen LogP contribution >= 0.6 is 0 Å². The van der Waals surface area contributed by atoms with Gasteiger partial charge >= 0.3 is 11.8 Å².